The molecule has 0 saturated carbocycles. The molecule has 0 amide bonds. The maximum Gasteiger partial charge on any atom is 0.344 e. The molecule has 0 atom stereocenters. The van der Waals surface area contributed by atoms with E-state index in [1.165, 1.54) is 42.8 Å². The SMILES string of the molecule is COc1ccc(-c2nnc(N=C(SC)SC)o2)cc1F. The van der Waals surface area contributed by atoms with Gasteiger partial charge in [-0.05, 0) is 30.7 Å². The van der Waals surface area contributed by atoms with Crippen molar-refractivity contribution in [1.29, 1.82) is 0 Å². The van der Waals surface area contributed by atoms with Crippen LogP contribution in [-0.2, 0) is 0 Å². The minimum Gasteiger partial charge on any atom is -0.494 e. The number of nitrogens with zero attached hydrogens (tertiary/aromatic N) is 3. The van der Waals surface area contributed by atoms with Crippen LogP contribution in [0, 0.1) is 5.82 Å². The van der Waals surface area contributed by atoms with Gasteiger partial charge in [-0.1, -0.05) is 5.10 Å². The smallest absolute Gasteiger partial charge is 0.344 e. The Labute approximate surface area is 124 Å². The summed E-state index contributed by atoms with van der Waals surface area (Å²) in [6.07, 6.45) is 3.82. The molecule has 1 aromatic heterocycles. The molecule has 0 aliphatic rings. The van der Waals surface area contributed by atoms with Crippen molar-refractivity contribution in [3.8, 4) is 17.2 Å². The number of aromatic nitrogens is 2. The van der Waals surface area contributed by atoms with E-state index in [0.29, 0.717) is 5.56 Å². The van der Waals surface area contributed by atoms with E-state index >= 15 is 0 Å². The number of aliphatic imine (C=N–C) groups is 1. The van der Waals surface area contributed by atoms with Gasteiger partial charge in [0.15, 0.2) is 11.6 Å². The zero-order chi connectivity index (χ0) is 14.5. The Bertz CT molecular complexity index is 625. The maximum atomic E-state index is 13.6. The first kappa shape index (κ1) is 14.9. The summed E-state index contributed by atoms with van der Waals surface area (Å²) < 4.78 is 24.7. The molecule has 0 unspecified atom stereocenters. The molecule has 106 valence electrons. The predicted octanol–water partition coefficient (Wildman–Crippen LogP) is 3.60. The predicted molar refractivity (Wildman–Crippen MR) is 80.4 cm³/mol. The number of hydrogen-bond acceptors (Lipinski definition) is 7. The van der Waals surface area contributed by atoms with Gasteiger partial charge in [0.05, 0.1) is 7.11 Å². The fourth-order valence-corrected chi connectivity index (χ4v) is 2.43. The Morgan fingerprint density at radius 1 is 1.30 bits per heavy atom. The van der Waals surface area contributed by atoms with E-state index in [-0.39, 0.29) is 17.7 Å². The van der Waals surface area contributed by atoms with Crippen molar-refractivity contribution >= 4 is 33.9 Å². The topological polar surface area (TPSA) is 60.5 Å². The second-order valence-electron chi connectivity index (χ2n) is 3.53. The normalized spacial score (nSPS) is 10.4. The molecule has 1 heterocycles. The Kier molecular flexibility index (Phi) is 5.02. The van der Waals surface area contributed by atoms with Crippen LogP contribution in [-0.4, -0.2) is 34.2 Å². The highest BCUT2D eigenvalue weighted by atomic mass is 32.2. The van der Waals surface area contributed by atoms with Crippen LogP contribution in [0.2, 0.25) is 0 Å². The van der Waals surface area contributed by atoms with Crippen LogP contribution in [0.25, 0.3) is 11.5 Å². The van der Waals surface area contributed by atoms with Crippen LogP contribution < -0.4 is 4.74 Å². The number of methoxy groups -OCH3 is 1. The van der Waals surface area contributed by atoms with Crippen LogP contribution in [0.5, 0.6) is 5.75 Å². The van der Waals surface area contributed by atoms with E-state index < -0.39 is 5.82 Å². The number of hydrogen-bond donors (Lipinski definition) is 0. The summed E-state index contributed by atoms with van der Waals surface area (Å²) in [6.45, 7) is 0. The van der Waals surface area contributed by atoms with Crippen molar-refractivity contribution in [1.82, 2.24) is 10.2 Å². The van der Waals surface area contributed by atoms with Crippen molar-refractivity contribution in [2.45, 2.75) is 0 Å². The highest BCUT2D eigenvalue weighted by Crippen LogP contribution is 2.27. The van der Waals surface area contributed by atoms with Crippen LogP contribution >= 0.6 is 23.5 Å². The molecule has 0 bridgehead atoms. The summed E-state index contributed by atoms with van der Waals surface area (Å²) in [6, 6.07) is 4.58. The zero-order valence-electron chi connectivity index (χ0n) is 11.1. The van der Waals surface area contributed by atoms with Gasteiger partial charge in [-0.15, -0.1) is 28.6 Å². The van der Waals surface area contributed by atoms with Crippen LogP contribution in [0.4, 0.5) is 10.4 Å². The maximum absolute atomic E-state index is 13.6. The van der Waals surface area contributed by atoms with Crippen LogP contribution in [0.15, 0.2) is 27.6 Å². The van der Waals surface area contributed by atoms with E-state index in [1.54, 1.807) is 6.07 Å². The van der Waals surface area contributed by atoms with Gasteiger partial charge >= 0.3 is 6.01 Å². The van der Waals surface area contributed by atoms with Gasteiger partial charge < -0.3 is 9.15 Å². The monoisotopic (exact) mass is 313 g/mol. The summed E-state index contributed by atoms with van der Waals surface area (Å²) in [5, 5.41) is 7.67. The second-order valence-corrected chi connectivity index (χ2v) is 5.37. The van der Waals surface area contributed by atoms with Gasteiger partial charge in [0.1, 0.15) is 4.38 Å². The highest BCUT2D eigenvalue weighted by molar-refractivity contribution is 8.38. The lowest BCUT2D eigenvalue weighted by Crippen LogP contribution is -1.88. The van der Waals surface area contributed by atoms with Crippen molar-refractivity contribution < 1.29 is 13.5 Å². The molecule has 0 fully saturated rings. The van der Waals surface area contributed by atoms with E-state index in [9.17, 15) is 4.39 Å². The van der Waals surface area contributed by atoms with E-state index in [0.717, 1.165) is 4.38 Å². The Hall–Kier alpha value is -1.54. The highest BCUT2D eigenvalue weighted by Gasteiger charge is 2.11. The first-order valence-electron chi connectivity index (χ1n) is 5.52. The molecule has 8 heteroatoms. The second kappa shape index (κ2) is 6.76. The third-order valence-corrected chi connectivity index (χ3v) is 4.23. The van der Waals surface area contributed by atoms with Crippen LogP contribution in [0.1, 0.15) is 0 Å². The van der Waals surface area contributed by atoms with Crippen molar-refractivity contribution in [2.75, 3.05) is 19.6 Å². The number of rotatable bonds is 3. The molecular weight excluding hydrogens is 301 g/mol. The first-order chi connectivity index (χ1) is 9.67. The van der Waals surface area contributed by atoms with Crippen molar-refractivity contribution in [3.63, 3.8) is 0 Å². The van der Waals surface area contributed by atoms with Gasteiger partial charge in [-0.2, -0.15) is 4.99 Å². The molecule has 2 aromatic rings. The summed E-state index contributed by atoms with van der Waals surface area (Å²) in [7, 11) is 1.41. The molecule has 20 heavy (non-hydrogen) atoms. The summed E-state index contributed by atoms with van der Waals surface area (Å²) >= 11 is 2.97. The average molecular weight is 313 g/mol. The molecule has 0 saturated heterocycles. The van der Waals surface area contributed by atoms with Crippen molar-refractivity contribution in [2.24, 2.45) is 4.99 Å². The number of thioether (sulfide) groups is 2. The summed E-state index contributed by atoms with van der Waals surface area (Å²) in [5.74, 6) is -0.104. The Balaban J connectivity index is 2.29. The Morgan fingerprint density at radius 2 is 2.05 bits per heavy atom. The minimum atomic E-state index is -0.484. The molecule has 2 rings (SSSR count). The quantitative estimate of drug-likeness (QED) is 0.637. The fraction of sp³-hybridized carbons (Fsp3) is 0.250. The van der Waals surface area contributed by atoms with Gasteiger partial charge in [0.25, 0.3) is 0 Å². The molecular formula is C12H12FN3O2S2. The van der Waals surface area contributed by atoms with Gasteiger partial charge in [-0.3, -0.25) is 0 Å². The van der Waals surface area contributed by atoms with Crippen molar-refractivity contribution in [3.05, 3.63) is 24.0 Å². The largest absolute Gasteiger partial charge is 0.494 e. The van der Waals surface area contributed by atoms with Gasteiger partial charge in [-0.25, -0.2) is 4.39 Å². The molecule has 0 N–H and O–H groups in total. The van der Waals surface area contributed by atoms with E-state index in [2.05, 4.69) is 15.2 Å². The lowest BCUT2D eigenvalue weighted by Gasteiger charge is -2.01. The minimum absolute atomic E-state index is 0.148. The molecule has 0 aliphatic carbocycles. The number of ether oxygens (including phenoxy) is 1. The lowest BCUT2D eigenvalue weighted by atomic mass is 10.2. The molecule has 5 nitrogen and oxygen atoms in total. The summed E-state index contributed by atoms with van der Waals surface area (Å²) in [5.41, 5.74) is 0.479. The Morgan fingerprint density at radius 3 is 2.65 bits per heavy atom. The molecule has 0 aliphatic heterocycles. The molecule has 0 spiro atoms. The van der Waals surface area contributed by atoms with Crippen LogP contribution in [0.3, 0.4) is 0 Å². The van der Waals surface area contributed by atoms with Gasteiger partial charge in [0.2, 0.25) is 5.89 Å². The van der Waals surface area contributed by atoms with E-state index in [4.69, 9.17) is 9.15 Å². The summed E-state index contributed by atoms with van der Waals surface area (Å²) in [4.78, 5) is 4.18. The zero-order valence-corrected chi connectivity index (χ0v) is 12.7. The fourth-order valence-electron chi connectivity index (χ4n) is 1.43. The first-order valence-corrected chi connectivity index (χ1v) is 7.97. The standard InChI is InChI=1S/C12H12FN3O2S2/c1-17-9-5-4-7(6-8(9)13)10-15-16-11(18-10)14-12(19-2)20-3/h4-6H,1-3H3. The number of benzene rings is 1. The third-order valence-electron chi connectivity index (χ3n) is 2.35. The number of halogens is 1. The average Bonchev–Trinajstić information content (AvgIpc) is 2.93. The van der Waals surface area contributed by atoms with Gasteiger partial charge in [0, 0.05) is 5.56 Å². The third kappa shape index (κ3) is 3.31. The molecule has 0 radical (unpaired) electrons. The lowest BCUT2D eigenvalue weighted by molar-refractivity contribution is 0.386. The van der Waals surface area contributed by atoms with E-state index in [1.807, 2.05) is 12.5 Å². The molecule has 1 aromatic carbocycles.